The van der Waals surface area contributed by atoms with E-state index < -0.39 is 24.3 Å². The number of alkyl carbamates (subject to hydrolysis) is 2. The van der Waals surface area contributed by atoms with Gasteiger partial charge >= 0.3 is 12.2 Å². The number of hydrogen-bond acceptors (Lipinski definition) is 11. The lowest BCUT2D eigenvalue weighted by molar-refractivity contribution is -0.184. The lowest BCUT2D eigenvalue weighted by Crippen LogP contribution is -2.64. The first-order valence-electron chi connectivity index (χ1n) is 21.5. The van der Waals surface area contributed by atoms with Gasteiger partial charge in [-0.05, 0) is 69.6 Å². The Kier molecular flexibility index (Phi) is 11.7. The summed E-state index contributed by atoms with van der Waals surface area (Å²) < 4.78 is 16.6. The molecule has 58 heavy (non-hydrogen) atoms. The maximum Gasteiger partial charge on any atom is 0.407 e. The highest BCUT2D eigenvalue weighted by Gasteiger charge is 2.56. The molecule has 0 radical (unpaired) electrons. The average molecular weight is 807 g/mol. The van der Waals surface area contributed by atoms with Gasteiger partial charge in [0.1, 0.15) is 23.7 Å². The molecule has 4 saturated heterocycles. The highest BCUT2D eigenvalue weighted by molar-refractivity contribution is 5.87. The highest BCUT2D eigenvalue weighted by atomic mass is 16.5. The third-order valence-corrected chi connectivity index (χ3v) is 13.9. The van der Waals surface area contributed by atoms with Crippen LogP contribution in [0.4, 0.5) is 9.59 Å². The summed E-state index contributed by atoms with van der Waals surface area (Å²) in [5.41, 5.74) is 6.05. The Morgan fingerprint density at radius 1 is 0.759 bits per heavy atom. The molecule has 11 atom stereocenters. The number of morpholine rings is 1. The monoisotopic (exact) mass is 806 g/mol. The maximum atomic E-state index is 13.7. The predicted molar refractivity (Wildman–Crippen MR) is 211 cm³/mol. The zero-order valence-corrected chi connectivity index (χ0v) is 34.7. The smallest absolute Gasteiger partial charge is 0.407 e. The average Bonchev–Trinajstić information content (AvgIpc) is 4.07. The summed E-state index contributed by atoms with van der Waals surface area (Å²) in [5.74, 6) is 2.17. The Morgan fingerprint density at radius 3 is 1.90 bits per heavy atom. The van der Waals surface area contributed by atoms with Crippen molar-refractivity contribution in [1.29, 1.82) is 0 Å². The number of hydrogen-bond donors (Lipinski definition) is 5. The van der Waals surface area contributed by atoms with Crippen molar-refractivity contribution < 1.29 is 33.4 Å². The van der Waals surface area contributed by atoms with E-state index in [1.54, 1.807) is 0 Å². The van der Waals surface area contributed by atoms with Gasteiger partial charge in [-0.2, -0.15) is 0 Å². The molecule has 2 aromatic rings. The largest absolute Gasteiger partial charge is 0.453 e. The number of ether oxygens (including phenoxy) is 3. The Morgan fingerprint density at radius 2 is 1.33 bits per heavy atom. The van der Waals surface area contributed by atoms with Crippen LogP contribution in [0.15, 0.2) is 12.4 Å². The third-order valence-electron chi connectivity index (χ3n) is 13.9. The van der Waals surface area contributed by atoms with Crippen LogP contribution in [0, 0.1) is 17.8 Å². The summed E-state index contributed by atoms with van der Waals surface area (Å²) in [4.78, 5) is 72.2. The van der Waals surface area contributed by atoms with Crippen molar-refractivity contribution in [2.24, 2.45) is 17.8 Å². The topological polar surface area (TPSA) is 199 Å². The number of nitrogens with one attached hydrogen (secondary N) is 5. The first kappa shape index (κ1) is 40.6. The molecule has 2 saturated carbocycles. The summed E-state index contributed by atoms with van der Waals surface area (Å²) in [7, 11) is 2.62. The highest BCUT2D eigenvalue weighted by Crippen LogP contribution is 2.50. The summed E-state index contributed by atoms with van der Waals surface area (Å²) in [6.07, 6.45) is 11.2. The van der Waals surface area contributed by atoms with Crippen molar-refractivity contribution in [1.82, 2.24) is 50.8 Å². The molecule has 318 valence electrons. The number of H-pyrrole nitrogens is 2. The lowest BCUT2D eigenvalue weighted by Gasteiger charge is -2.53. The molecule has 17 heteroatoms. The molecule has 11 unspecified atom stereocenters. The summed E-state index contributed by atoms with van der Waals surface area (Å²) in [5, 5.41) is 8.01. The summed E-state index contributed by atoms with van der Waals surface area (Å²) in [6, 6.07) is -1.11. The number of likely N-dealkylation sites (tertiary alicyclic amines) is 2. The molecule has 6 fully saturated rings. The number of aromatic amines is 2. The first-order chi connectivity index (χ1) is 28.0. The van der Waals surface area contributed by atoms with Crippen LogP contribution in [0.3, 0.4) is 0 Å². The second-order valence-electron chi connectivity index (χ2n) is 17.9. The van der Waals surface area contributed by atoms with Gasteiger partial charge in [0.25, 0.3) is 0 Å². The fraction of sp³-hybridized carbons (Fsp3) is 0.756. The van der Waals surface area contributed by atoms with Gasteiger partial charge in [0, 0.05) is 61.2 Å². The number of rotatable bonds is 10. The molecule has 2 aromatic heterocycles. The molecule has 0 aromatic carbocycles. The number of aromatic nitrogens is 4. The number of nitrogens with zero attached hydrogens (tertiary/aromatic N) is 5. The van der Waals surface area contributed by atoms with E-state index in [9.17, 15) is 19.2 Å². The van der Waals surface area contributed by atoms with E-state index in [1.165, 1.54) is 14.2 Å². The number of fused-ring (bicyclic) bond motifs is 2. The van der Waals surface area contributed by atoms with Crippen LogP contribution < -0.4 is 16.1 Å². The molecular weight excluding hydrogens is 745 g/mol. The maximum absolute atomic E-state index is 13.7. The number of imidazole rings is 2. The van der Waals surface area contributed by atoms with Crippen molar-refractivity contribution in [3.05, 3.63) is 35.4 Å². The Balaban J connectivity index is 0.902. The quantitative estimate of drug-likeness (QED) is 0.233. The van der Waals surface area contributed by atoms with Gasteiger partial charge in [-0.1, -0.05) is 27.7 Å². The van der Waals surface area contributed by atoms with Gasteiger partial charge < -0.3 is 44.6 Å². The molecule has 8 rings (SSSR count). The van der Waals surface area contributed by atoms with E-state index >= 15 is 0 Å². The van der Waals surface area contributed by atoms with Crippen LogP contribution in [0.5, 0.6) is 0 Å². The van der Waals surface area contributed by atoms with Crippen LogP contribution >= 0.6 is 0 Å². The third kappa shape index (κ3) is 7.57. The molecule has 17 nitrogen and oxygen atoms in total. The Hall–Kier alpha value is -4.22. The van der Waals surface area contributed by atoms with Crippen molar-refractivity contribution in [2.75, 3.05) is 33.9 Å². The molecule has 4 aliphatic heterocycles. The molecule has 0 spiro atoms. The fourth-order valence-electron chi connectivity index (χ4n) is 11.0. The van der Waals surface area contributed by atoms with Crippen molar-refractivity contribution >= 4 is 24.0 Å². The number of amides is 4. The van der Waals surface area contributed by atoms with Crippen LogP contribution in [0.2, 0.25) is 0 Å². The zero-order chi connectivity index (χ0) is 40.8. The molecular formula is C41H62N10O7. The molecule has 6 heterocycles. The van der Waals surface area contributed by atoms with E-state index in [-0.39, 0.29) is 65.9 Å². The second kappa shape index (κ2) is 16.8. The van der Waals surface area contributed by atoms with Gasteiger partial charge in [-0.25, -0.2) is 24.6 Å². The number of carbonyl (C=O) groups is 4. The minimum atomic E-state index is -0.669. The van der Waals surface area contributed by atoms with Gasteiger partial charge in [0.15, 0.2) is 0 Å². The fourth-order valence-corrected chi connectivity index (χ4v) is 11.0. The van der Waals surface area contributed by atoms with Crippen molar-refractivity contribution in [3.8, 4) is 0 Å². The van der Waals surface area contributed by atoms with E-state index in [0.717, 1.165) is 87.4 Å². The van der Waals surface area contributed by atoms with E-state index in [1.807, 2.05) is 49.9 Å². The molecule has 0 bridgehead atoms. The minimum absolute atomic E-state index is 0.0893. The normalized spacial score (nSPS) is 31.8. The number of methoxy groups -OCH3 is 2. The summed E-state index contributed by atoms with van der Waals surface area (Å²) >= 11 is 0. The van der Waals surface area contributed by atoms with Gasteiger partial charge in [-0.15, -0.1) is 0 Å². The molecule has 2 aliphatic carbocycles. The first-order valence-corrected chi connectivity index (χ1v) is 21.5. The van der Waals surface area contributed by atoms with Gasteiger partial charge in [0.05, 0.1) is 50.6 Å². The minimum Gasteiger partial charge on any atom is -0.453 e. The number of carbonyl (C=O) groups excluding carboxylic acids is 4. The van der Waals surface area contributed by atoms with Crippen LogP contribution in [0.1, 0.15) is 132 Å². The Bertz CT molecular complexity index is 1820. The predicted octanol–water partition coefficient (Wildman–Crippen LogP) is 4.01. The van der Waals surface area contributed by atoms with E-state index in [0.29, 0.717) is 24.9 Å². The van der Waals surface area contributed by atoms with Crippen molar-refractivity contribution in [3.63, 3.8) is 0 Å². The van der Waals surface area contributed by atoms with Gasteiger partial charge in [-0.3, -0.25) is 15.0 Å². The lowest BCUT2D eigenvalue weighted by atomic mass is 9.71. The van der Waals surface area contributed by atoms with Gasteiger partial charge in [0.2, 0.25) is 11.8 Å². The summed E-state index contributed by atoms with van der Waals surface area (Å²) in [6.45, 7) is 9.83. The van der Waals surface area contributed by atoms with Crippen LogP contribution in [-0.2, 0) is 23.8 Å². The van der Waals surface area contributed by atoms with Crippen LogP contribution in [-0.4, -0.2) is 129 Å². The molecule has 6 aliphatic rings. The van der Waals surface area contributed by atoms with E-state index in [2.05, 4.69) is 31.0 Å². The second-order valence-corrected chi connectivity index (χ2v) is 17.9. The SMILES string of the molecule is COC(=O)NC(C(=O)N1CCCC1c1ncc(C2CCC3C(C2)OC2CCC(c4cnc(C5CCCN5C(=O)C(NC(=O)OC)C(C)C)[nH]4)C4CNN3C24)[nH]1)C(C)C. The molecule has 5 N–H and O–H groups in total. The van der Waals surface area contributed by atoms with Crippen molar-refractivity contribution in [2.45, 2.75) is 146 Å². The number of hydrazine groups is 1. The van der Waals surface area contributed by atoms with Crippen LogP contribution in [0.25, 0.3) is 0 Å². The zero-order valence-electron chi connectivity index (χ0n) is 34.7. The molecule has 4 amide bonds. The standard InChI is InChI=1S/C41H62N10O7/c1-21(2)33(47-40(54)56-5)38(52)49-15-7-9-29(49)36-42-19-26(45-36)23-11-13-28-32(17-23)58-31-14-12-24(25-18-44-51(28)35(25)31)27-20-43-37(46-27)30-10-8-16-50(30)39(53)34(22(3)4)48-41(55)57-6/h19-25,28-35,44H,7-18H2,1-6H3,(H,42,45)(H,43,46)(H,47,54)(H,48,55). The Labute approximate surface area is 340 Å². The van der Waals surface area contributed by atoms with E-state index in [4.69, 9.17) is 24.2 Å².